The van der Waals surface area contributed by atoms with Crippen LogP contribution in [-0.4, -0.2) is 71.1 Å². The number of nitrogens with one attached hydrogen (secondary N) is 3. The molecular weight excluding hydrogens is 613 g/mol. The summed E-state index contributed by atoms with van der Waals surface area (Å²) in [6, 6.07) is 5.66. The van der Waals surface area contributed by atoms with E-state index >= 15 is 0 Å². The number of anilines is 6. The Morgan fingerprint density at radius 2 is 1.50 bits per heavy atom. The van der Waals surface area contributed by atoms with Gasteiger partial charge in [-0.05, 0) is 42.8 Å². The first-order valence-electron chi connectivity index (χ1n) is 10.7. The third-order valence-electron chi connectivity index (χ3n) is 5.01. The van der Waals surface area contributed by atoms with Crippen molar-refractivity contribution < 1.29 is 38.9 Å². The van der Waals surface area contributed by atoms with Crippen LogP contribution in [0.1, 0.15) is 5.56 Å². The Morgan fingerprint density at radius 3 is 2.12 bits per heavy atom. The van der Waals surface area contributed by atoms with Crippen molar-refractivity contribution in [1.29, 1.82) is 0 Å². The number of aryl methyl sites for hydroxylation is 1. The minimum Gasteiger partial charge on any atom is -0.375 e. The predicted octanol–water partition coefficient (Wildman–Crippen LogP) is 1.65. The number of nitrogens with zero attached hydrogens (tertiary/aromatic N) is 4. The second kappa shape index (κ2) is 10.7. The molecule has 4 rings (SSSR count). The molecule has 0 amide bonds. The van der Waals surface area contributed by atoms with Crippen LogP contribution in [0.15, 0.2) is 40.1 Å². The number of benzene rings is 2. The van der Waals surface area contributed by atoms with Gasteiger partial charge < -0.3 is 21.7 Å². The lowest BCUT2D eigenvalue weighted by atomic mass is 10.2. The maximum Gasteiger partial charge on any atom is 0.296 e. The standard InChI is InChI=1S/C19H20N8O9S4/c1-9-6-10(7-13-15(9)24-16(20)37-13)22-18-25-17(21-4-5-38(28,29)30)26-19(27-18)23-12-8-11(39(31,32)33)2-3-14(12)40(34,35)36/h2-3,6-8H,4-5H2,1H3,(H2,20,24)(H,28,29,30)(H,31,32,33)(H,34,35,36)(H3,21,22,23,25,26,27). The molecule has 0 fully saturated rings. The quantitative estimate of drug-likeness (QED) is 0.122. The molecule has 0 unspecified atom stereocenters. The Morgan fingerprint density at radius 1 is 0.850 bits per heavy atom. The zero-order valence-electron chi connectivity index (χ0n) is 20.1. The zero-order chi connectivity index (χ0) is 29.5. The maximum atomic E-state index is 11.9. The lowest BCUT2D eigenvalue weighted by Crippen LogP contribution is -2.17. The minimum absolute atomic E-state index is 0.137. The molecule has 2 aromatic carbocycles. The van der Waals surface area contributed by atoms with Crippen molar-refractivity contribution in [1.82, 2.24) is 19.9 Å². The molecule has 0 aliphatic rings. The molecule has 0 saturated heterocycles. The summed E-state index contributed by atoms with van der Waals surface area (Å²) in [5.41, 5.74) is 7.23. The molecule has 0 aliphatic carbocycles. The van der Waals surface area contributed by atoms with Crippen LogP contribution in [0.3, 0.4) is 0 Å². The Hall–Kier alpha value is -3.73. The first-order valence-corrected chi connectivity index (χ1v) is 16.0. The van der Waals surface area contributed by atoms with Gasteiger partial charge in [0.05, 0.1) is 26.6 Å². The average molecular weight is 633 g/mol. The highest BCUT2D eigenvalue weighted by Gasteiger charge is 2.21. The Kier molecular flexibility index (Phi) is 7.81. The van der Waals surface area contributed by atoms with Gasteiger partial charge in [0.15, 0.2) is 5.13 Å². The third-order valence-corrected chi connectivity index (χ3v) is 8.32. The van der Waals surface area contributed by atoms with E-state index in [1.54, 1.807) is 19.1 Å². The predicted molar refractivity (Wildman–Crippen MR) is 146 cm³/mol. The second-order valence-corrected chi connectivity index (χ2v) is 13.5. The molecule has 8 N–H and O–H groups in total. The summed E-state index contributed by atoms with van der Waals surface area (Å²) >= 11 is 1.24. The van der Waals surface area contributed by atoms with Gasteiger partial charge in [0.25, 0.3) is 30.4 Å². The number of hydrogen-bond acceptors (Lipinski definition) is 15. The van der Waals surface area contributed by atoms with Crippen molar-refractivity contribution in [2.24, 2.45) is 0 Å². The van der Waals surface area contributed by atoms with Crippen LogP contribution in [0, 0.1) is 6.92 Å². The van der Waals surface area contributed by atoms with Crippen LogP contribution < -0.4 is 21.7 Å². The van der Waals surface area contributed by atoms with E-state index < -0.39 is 51.6 Å². The average Bonchev–Trinajstić information content (AvgIpc) is 3.17. The van der Waals surface area contributed by atoms with E-state index in [4.69, 9.17) is 10.3 Å². The van der Waals surface area contributed by atoms with E-state index in [0.29, 0.717) is 16.3 Å². The Balaban J connectivity index is 1.77. The molecular formula is C19H20N8O9S4. The van der Waals surface area contributed by atoms with E-state index in [1.165, 1.54) is 11.3 Å². The van der Waals surface area contributed by atoms with E-state index in [0.717, 1.165) is 28.5 Å². The molecule has 0 saturated carbocycles. The summed E-state index contributed by atoms with van der Waals surface area (Å²) in [7, 11) is -14.0. The van der Waals surface area contributed by atoms with Crippen LogP contribution >= 0.6 is 11.3 Å². The van der Waals surface area contributed by atoms with Crippen molar-refractivity contribution in [3.63, 3.8) is 0 Å². The number of nitrogens with two attached hydrogens (primary N) is 1. The maximum absolute atomic E-state index is 11.9. The highest BCUT2D eigenvalue weighted by Crippen LogP contribution is 2.31. The number of thiazole rings is 1. The van der Waals surface area contributed by atoms with E-state index in [-0.39, 0.29) is 24.4 Å². The Bertz CT molecular complexity index is 1950. The normalized spacial score (nSPS) is 12.4. The van der Waals surface area contributed by atoms with Gasteiger partial charge in [-0.1, -0.05) is 11.3 Å². The smallest absolute Gasteiger partial charge is 0.296 e. The van der Waals surface area contributed by atoms with Crippen molar-refractivity contribution in [3.05, 3.63) is 35.9 Å². The number of fused-ring (bicyclic) bond motifs is 1. The number of rotatable bonds is 10. The van der Waals surface area contributed by atoms with Gasteiger partial charge in [-0.3, -0.25) is 13.7 Å². The molecule has 0 aliphatic heterocycles. The lowest BCUT2D eigenvalue weighted by Gasteiger charge is -2.13. The minimum atomic E-state index is -4.89. The van der Waals surface area contributed by atoms with E-state index in [9.17, 15) is 34.4 Å². The van der Waals surface area contributed by atoms with Crippen LogP contribution in [0.2, 0.25) is 0 Å². The number of aromatic nitrogens is 4. The fourth-order valence-corrected chi connectivity index (χ4v) is 5.73. The molecule has 0 radical (unpaired) electrons. The number of hydrogen-bond donors (Lipinski definition) is 7. The zero-order valence-corrected chi connectivity index (χ0v) is 23.4. The molecule has 2 heterocycles. The van der Waals surface area contributed by atoms with Gasteiger partial charge in [-0.15, -0.1) is 0 Å². The van der Waals surface area contributed by atoms with Gasteiger partial charge in [-0.25, -0.2) is 4.98 Å². The van der Waals surface area contributed by atoms with Crippen molar-refractivity contribution in [2.45, 2.75) is 16.7 Å². The molecule has 4 aromatic rings. The van der Waals surface area contributed by atoms with E-state index in [1.807, 2.05) is 0 Å². The molecule has 40 heavy (non-hydrogen) atoms. The van der Waals surface area contributed by atoms with Gasteiger partial charge in [0.2, 0.25) is 17.8 Å². The molecule has 0 spiro atoms. The van der Waals surface area contributed by atoms with Crippen molar-refractivity contribution in [3.8, 4) is 0 Å². The summed E-state index contributed by atoms with van der Waals surface area (Å²) < 4.78 is 97.9. The lowest BCUT2D eigenvalue weighted by molar-refractivity contribution is 0.479. The first kappa shape index (κ1) is 29.3. The third kappa shape index (κ3) is 7.26. The molecule has 0 atom stereocenters. The van der Waals surface area contributed by atoms with Gasteiger partial charge in [0.1, 0.15) is 4.90 Å². The molecule has 214 valence electrons. The topological polar surface area (TPSA) is 277 Å². The van der Waals surface area contributed by atoms with Crippen LogP contribution in [-0.2, 0) is 30.4 Å². The second-order valence-electron chi connectivity index (χ2n) is 8.07. The summed E-state index contributed by atoms with van der Waals surface area (Å²) in [4.78, 5) is 15.1. The largest absolute Gasteiger partial charge is 0.375 e. The van der Waals surface area contributed by atoms with Crippen LogP contribution in [0.5, 0.6) is 0 Å². The fourth-order valence-electron chi connectivity index (χ4n) is 3.39. The van der Waals surface area contributed by atoms with Crippen molar-refractivity contribution in [2.75, 3.05) is 34.0 Å². The molecule has 2 aromatic heterocycles. The fraction of sp³-hybridized carbons (Fsp3) is 0.158. The van der Waals surface area contributed by atoms with Gasteiger partial charge >= 0.3 is 0 Å². The van der Waals surface area contributed by atoms with Crippen LogP contribution in [0.25, 0.3) is 10.2 Å². The monoisotopic (exact) mass is 632 g/mol. The summed E-state index contributed by atoms with van der Waals surface area (Å²) in [5, 5.41) is 8.31. The highest BCUT2D eigenvalue weighted by atomic mass is 32.2. The van der Waals surface area contributed by atoms with Crippen molar-refractivity contribution >= 4 is 86.3 Å². The molecule has 0 bridgehead atoms. The first-order chi connectivity index (χ1) is 18.5. The molecule has 17 nitrogen and oxygen atoms in total. The number of nitrogen functional groups attached to an aromatic ring is 1. The van der Waals surface area contributed by atoms with E-state index in [2.05, 4.69) is 35.9 Å². The Labute approximate surface area is 231 Å². The van der Waals surface area contributed by atoms with Gasteiger partial charge in [0, 0.05) is 12.2 Å². The summed E-state index contributed by atoms with van der Waals surface area (Å²) in [6.07, 6.45) is 0. The summed E-state index contributed by atoms with van der Waals surface area (Å²) in [6.45, 7) is 1.47. The highest BCUT2D eigenvalue weighted by molar-refractivity contribution is 7.86. The summed E-state index contributed by atoms with van der Waals surface area (Å²) in [5.74, 6) is -1.45. The molecule has 21 heteroatoms. The van der Waals surface area contributed by atoms with Crippen LogP contribution in [0.4, 0.5) is 34.4 Å². The SMILES string of the molecule is Cc1cc(Nc2nc(NCCS(=O)(=O)O)nc(Nc3cc(S(=O)(=O)O)ccc3S(=O)(=O)O)n2)cc2sc(N)nc12. The van der Waals surface area contributed by atoms with Gasteiger partial charge in [-0.2, -0.15) is 40.2 Å².